The highest BCUT2D eigenvalue weighted by atomic mass is 16.6. The Hall–Kier alpha value is -3.41. The van der Waals surface area contributed by atoms with Crippen molar-refractivity contribution in [1.82, 2.24) is 0 Å². The molecule has 73 heavy (non-hydrogen) atoms. The van der Waals surface area contributed by atoms with E-state index in [0.29, 0.717) is 19.3 Å². The molecule has 0 radical (unpaired) electrons. The van der Waals surface area contributed by atoms with Crippen LogP contribution < -0.4 is 0 Å². The second-order valence-electron chi connectivity index (χ2n) is 20.6. The van der Waals surface area contributed by atoms with Gasteiger partial charge in [-0.3, -0.25) is 14.4 Å². The summed E-state index contributed by atoms with van der Waals surface area (Å²) in [5.41, 5.74) is 0. The summed E-state index contributed by atoms with van der Waals surface area (Å²) in [6.07, 6.45) is 80.5. The Morgan fingerprint density at radius 1 is 0.288 bits per heavy atom. The molecule has 0 aromatic carbocycles. The van der Waals surface area contributed by atoms with Crippen LogP contribution in [0.2, 0.25) is 0 Å². The lowest BCUT2D eigenvalue weighted by atomic mass is 10.0. The SMILES string of the molecule is CC/C=C\C/C=C\C/C=C\C/C=C\C/C=C\C/C=C\C/C=C\CCCCCCCCCCCCCC(=O)OCC(COC(=O)CCCCCCCC)OC(=O)CCCCCCCCCCCCCCCCCC. The van der Waals surface area contributed by atoms with Crippen molar-refractivity contribution in [1.29, 1.82) is 0 Å². The first-order valence-corrected chi connectivity index (χ1v) is 31.1. The average Bonchev–Trinajstić information content (AvgIpc) is 3.39. The van der Waals surface area contributed by atoms with Crippen molar-refractivity contribution in [3.63, 3.8) is 0 Å². The molecule has 0 amide bonds. The van der Waals surface area contributed by atoms with Crippen molar-refractivity contribution in [2.24, 2.45) is 0 Å². The molecule has 0 saturated carbocycles. The number of allylic oxidation sites excluding steroid dienone is 14. The zero-order valence-electron chi connectivity index (χ0n) is 48.1. The predicted octanol–water partition coefficient (Wildman–Crippen LogP) is 21.1. The van der Waals surface area contributed by atoms with Crippen molar-refractivity contribution in [3.8, 4) is 0 Å². The van der Waals surface area contributed by atoms with Gasteiger partial charge >= 0.3 is 17.9 Å². The van der Waals surface area contributed by atoms with Crippen LogP contribution in [0.1, 0.15) is 303 Å². The molecule has 0 aliphatic carbocycles. The number of hydrogen-bond acceptors (Lipinski definition) is 6. The highest BCUT2D eigenvalue weighted by Gasteiger charge is 2.19. The van der Waals surface area contributed by atoms with E-state index in [4.69, 9.17) is 14.2 Å². The maximum atomic E-state index is 12.8. The third-order valence-electron chi connectivity index (χ3n) is 13.4. The van der Waals surface area contributed by atoms with Gasteiger partial charge in [0.05, 0.1) is 0 Å². The zero-order chi connectivity index (χ0) is 52.9. The van der Waals surface area contributed by atoms with E-state index in [1.807, 2.05) is 0 Å². The van der Waals surface area contributed by atoms with Gasteiger partial charge < -0.3 is 14.2 Å². The summed E-state index contributed by atoms with van der Waals surface area (Å²) in [7, 11) is 0. The summed E-state index contributed by atoms with van der Waals surface area (Å²) in [4.78, 5) is 37.9. The van der Waals surface area contributed by atoms with Crippen LogP contribution in [0.25, 0.3) is 0 Å². The molecule has 6 heteroatoms. The summed E-state index contributed by atoms with van der Waals surface area (Å²) in [6.45, 7) is 6.49. The van der Waals surface area contributed by atoms with E-state index in [2.05, 4.69) is 106 Å². The Kier molecular flexibility index (Phi) is 58.3. The Morgan fingerprint density at radius 3 is 0.836 bits per heavy atom. The van der Waals surface area contributed by atoms with Crippen LogP contribution in [-0.4, -0.2) is 37.2 Å². The third kappa shape index (κ3) is 59.3. The summed E-state index contributed by atoms with van der Waals surface area (Å²) in [6, 6.07) is 0. The third-order valence-corrected chi connectivity index (χ3v) is 13.4. The normalized spacial score (nSPS) is 12.6. The molecule has 0 heterocycles. The van der Waals surface area contributed by atoms with Crippen LogP contribution >= 0.6 is 0 Å². The van der Waals surface area contributed by atoms with E-state index in [0.717, 1.165) is 103 Å². The molecule has 1 atom stereocenters. The minimum absolute atomic E-state index is 0.0731. The summed E-state index contributed by atoms with van der Waals surface area (Å²) >= 11 is 0. The van der Waals surface area contributed by atoms with Gasteiger partial charge in [-0.1, -0.05) is 292 Å². The molecule has 6 nitrogen and oxygen atoms in total. The minimum atomic E-state index is -0.771. The summed E-state index contributed by atoms with van der Waals surface area (Å²) in [5.74, 6) is -0.874. The van der Waals surface area contributed by atoms with Crippen molar-refractivity contribution in [3.05, 3.63) is 85.1 Å². The van der Waals surface area contributed by atoms with Gasteiger partial charge in [-0.25, -0.2) is 0 Å². The molecule has 0 N–H and O–H groups in total. The molecule has 0 rings (SSSR count). The first-order valence-electron chi connectivity index (χ1n) is 31.1. The van der Waals surface area contributed by atoms with E-state index in [1.165, 1.54) is 161 Å². The number of hydrogen-bond donors (Lipinski definition) is 0. The molecule has 0 spiro atoms. The second kappa shape index (κ2) is 61.1. The highest BCUT2D eigenvalue weighted by molar-refractivity contribution is 5.71. The van der Waals surface area contributed by atoms with Gasteiger partial charge in [0.15, 0.2) is 6.10 Å². The van der Waals surface area contributed by atoms with Gasteiger partial charge in [-0.05, 0) is 77.0 Å². The van der Waals surface area contributed by atoms with E-state index in [9.17, 15) is 14.4 Å². The number of unbranched alkanes of at least 4 members (excludes halogenated alkanes) is 31. The lowest BCUT2D eigenvalue weighted by Gasteiger charge is -2.18. The van der Waals surface area contributed by atoms with Crippen LogP contribution in [0.4, 0.5) is 0 Å². The average molecular weight is 1020 g/mol. The first-order chi connectivity index (χ1) is 36.0. The van der Waals surface area contributed by atoms with Gasteiger partial charge in [0.2, 0.25) is 0 Å². The van der Waals surface area contributed by atoms with Crippen LogP contribution in [-0.2, 0) is 28.6 Å². The second-order valence-corrected chi connectivity index (χ2v) is 20.6. The molecular formula is C67H116O6. The van der Waals surface area contributed by atoms with Gasteiger partial charge in [0, 0.05) is 19.3 Å². The highest BCUT2D eigenvalue weighted by Crippen LogP contribution is 2.17. The monoisotopic (exact) mass is 1020 g/mol. The fourth-order valence-electron chi connectivity index (χ4n) is 8.78. The van der Waals surface area contributed by atoms with Gasteiger partial charge in [-0.2, -0.15) is 0 Å². The molecule has 0 fully saturated rings. The first kappa shape index (κ1) is 69.6. The van der Waals surface area contributed by atoms with Crippen molar-refractivity contribution >= 4 is 17.9 Å². The van der Waals surface area contributed by atoms with Crippen LogP contribution in [0.3, 0.4) is 0 Å². The number of rotatable bonds is 56. The molecule has 0 saturated heterocycles. The van der Waals surface area contributed by atoms with Crippen molar-refractivity contribution in [2.75, 3.05) is 13.2 Å². The molecule has 1 unspecified atom stereocenters. The maximum absolute atomic E-state index is 12.8. The number of ether oxygens (including phenoxy) is 3. The number of carbonyl (C=O) groups is 3. The van der Waals surface area contributed by atoms with Crippen molar-refractivity contribution in [2.45, 2.75) is 309 Å². The van der Waals surface area contributed by atoms with Gasteiger partial charge in [-0.15, -0.1) is 0 Å². The molecule has 0 aromatic rings. The zero-order valence-corrected chi connectivity index (χ0v) is 48.1. The minimum Gasteiger partial charge on any atom is -0.462 e. The van der Waals surface area contributed by atoms with Crippen LogP contribution in [0.15, 0.2) is 85.1 Å². The summed E-state index contributed by atoms with van der Waals surface area (Å²) < 4.78 is 16.8. The van der Waals surface area contributed by atoms with E-state index < -0.39 is 6.10 Å². The lowest BCUT2D eigenvalue weighted by molar-refractivity contribution is -0.167. The molecule has 0 aliphatic rings. The number of carbonyl (C=O) groups excluding carboxylic acids is 3. The summed E-state index contributed by atoms with van der Waals surface area (Å²) in [5, 5.41) is 0. The maximum Gasteiger partial charge on any atom is 0.306 e. The molecular weight excluding hydrogens is 901 g/mol. The largest absolute Gasteiger partial charge is 0.462 e. The van der Waals surface area contributed by atoms with Crippen LogP contribution in [0.5, 0.6) is 0 Å². The Bertz CT molecular complexity index is 1400. The molecule has 420 valence electrons. The van der Waals surface area contributed by atoms with Crippen molar-refractivity contribution < 1.29 is 28.6 Å². The molecule has 0 bridgehead atoms. The Labute approximate surface area is 452 Å². The van der Waals surface area contributed by atoms with E-state index >= 15 is 0 Å². The fourth-order valence-corrected chi connectivity index (χ4v) is 8.78. The van der Waals surface area contributed by atoms with Gasteiger partial charge in [0.1, 0.15) is 13.2 Å². The Balaban J connectivity index is 4.04. The topological polar surface area (TPSA) is 78.9 Å². The quantitative estimate of drug-likeness (QED) is 0.0261. The molecule has 0 aromatic heterocycles. The molecule has 0 aliphatic heterocycles. The smallest absolute Gasteiger partial charge is 0.306 e. The van der Waals surface area contributed by atoms with Gasteiger partial charge in [0.25, 0.3) is 0 Å². The fraction of sp³-hybridized carbons (Fsp3) is 0.746. The number of esters is 3. The van der Waals surface area contributed by atoms with E-state index in [-0.39, 0.29) is 31.1 Å². The standard InChI is InChI=1S/C67H116O6/c1-4-7-10-13-16-18-20-22-24-26-27-28-29-30-31-32-33-34-35-36-37-38-39-40-41-42-44-45-47-49-51-54-57-60-66(69)72-63-64(62-71-65(68)59-56-53-15-12-9-6-3)73-67(70)61-58-55-52-50-48-46-43-25-23-21-19-17-14-11-8-5-2/h7,10,16,18,22,24,27-28,30-31,33-34,36-37,64H,4-6,8-9,11-15,17,19-21,23,25-26,29,32,35,38-63H2,1-3H3/b10-7-,18-16-,24-22-,28-27-,31-30-,34-33-,37-36-. The predicted molar refractivity (Wildman–Crippen MR) is 316 cm³/mol. The van der Waals surface area contributed by atoms with E-state index in [1.54, 1.807) is 0 Å². The lowest BCUT2D eigenvalue weighted by Crippen LogP contribution is -2.30. The van der Waals surface area contributed by atoms with Crippen LogP contribution in [0, 0.1) is 0 Å². The Morgan fingerprint density at radius 2 is 0.534 bits per heavy atom.